The van der Waals surface area contributed by atoms with Gasteiger partial charge in [0.2, 0.25) is 5.91 Å². The van der Waals surface area contributed by atoms with Crippen LogP contribution in [0.3, 0.4) is 0 Å². The Balaban J connectivity index is 1.75. The maximum absolute atomic E-state index is 12.6. The number of para-hydroxylation sites is 1. The number of pyridine rings is 1. The van der Waals surface area contributed by atoms with E-state index in [2.05, 4.69) is 15.2 Å². The molecule has 1 aliphatic heterocycles. The molecule has 1 saturated heterocycles. The van der Waals surface area contributed by atoms with Crippen molar-refractivity contribution in [2.45, 2.75) is 18.9 Å². The zero-order valence-electron chi connectivity index (χ0n) is 12.6. The zero-order valence-corrected chi connectivity index (χ0v) is 12.6. The number of amides is 2. The molecule has 3 rings (SSSR count). The van der Waals surface area contributed by atoms with Crippen LogP contribution in [0.25, 0.3) is 0 Å². The van der Waals surface area contributed by atoms with Gasteiger partial charge < -0.3 is 16.0 Å². The molecule has 0 bridgehead atoms. The maximum Gasteiger partial charge on any atom is 0.267 e. The SMILES string of the molecule is NC(=O)c1cccc(NC(=O)C2CCCN2c2ccccc2)n1. The smallest absolute Gasteiger partial charge is 0.267 e. The fourth-order valence-electron chi connectivity index (χ4n) is 2.82. The lowest BCUT2D eigenvalue weighted by molar-refractivity contribution is -0.117. The van der Waals surface area contributed by atoms with Gasteiger partial charge in [0, 0.05) is 12.2 Å². The zero-order chi connectivity index (χ0) is 16.2. The largest absolute Gasteiger partial charge is 0.364 e. The molecule has 118 valence electrons. The summed E-state index contributed by atoms with van der Waals surface area (Å²) in [4.78, 5) is 29.9. The molecule has 1 fully saturated rings. The van der Waals surface area contributed by atoms with E-state index in [0.29, 0.717) is 5.82 Å². The summed E-state index contributed by atoms with van der Waals surface area (Å²) in [5.74, 6) is -0.403. The van der Waals surface area contributed by atoms with Gasteiger partial charge in [-0.05, 0) is 37.1 Å². The number of hydrogen-bond acceptors (Lipinski definition) is 4. The first-order chi connectivity index (χ1) is 11.1. The third-order valence-electron chi connectivity index (χ3n) is 3.90. The summed E-state index contributed by atoms with van der Waals surface area (Å²) < 4.78 is 0. The van der Waals surface area contributed by atoms with Gasteiger partial charge >= 0.3 is 0 Å². The van der Waals surface area contributed by atoms with Gasteiger partial charge in [0.25, 0.3) is 5.91 Å². The number of benzene rings is 1. The molecule has 1 aromatic carbocycles. The number of carbonyl (C=O) groups excluding carboxylic acids is 2. The molecule has 6 heteroatoms. The number of primary amides is 1. The molecule has 6 nitrogen and oxygen atoms in total. The molecule has 1 aliphatic rings. The Morgan fingerprint density at radius 1 is 1.13 bits per heavy atom. The number of rotatable bonds is 4. The standard InChI is InChI=1S/C17H18N4O2/c18-16(22)13-8-4-10-15(19-13)20-17(23)14-9-5-11-21(14)12-6-2-1-3-7-12/h1-4,6-8,10,14H,5,9,11H2,(H2,18,22)(H,19,20,23). The van der Waals surface area contributed by atoms with Crippen LogP contribution in [0, 0.1) is 0 Å². The monoisotopic (exact) mass is 310 g/mol. The summed E-state index contributed by atoms with van der Waals surface area (Å²) in [5, 5.41) is 2.78. The van der Waals surface area contributed by atoms with Gasteiger partial charge in [-0.25, -0.2) is 4.98 Å². The van der Waals surface area contributed by atoms with E-state index in [1.165, 1.54) is 6.07 Å². The van der Waals surface area contributed by atoms with Gasteiger partial charge in [-0.3, -0.25) is 9.59 Å². The summed E-state index contributed by atoms with van der Waals surface area (Å²) >= 11 is 0. The average Bonchev–Trinajstić information content (AvgIpc) is 3.05. The van der Waals surface area contributed by atoms with Crippen LogP contribution in [0.4, 0.5) is 11.5 Å². The molecular weight excluding hydrogens is 292 g/mol. The van der Waals surface area contributed by atoms with Crippen molar-refractivity contribution < 1.29 is 9.59 Å². The van der Waals surface area contributed by atoms with Crippen molar-refractivity contribution in [1.82, 2.24) is 4.98 Å². The average molecular weight is 310 g/mol. The van der Waals surface area contributed by atoms with E-state index < -0.39 is 5.91 Å². The summed E-state index contributed by atoms with van der Waals surface area (Å²) in [6, 6.07) is 14.4. The van der Waals surface area contributed by atoms with Gasteiger partial charge in [0.1, 0.15) is 17.6 Å². The first kappa shape index (κ1) is 15.0. The van der Waals surface area contributed by atoms with E-state index in [1.807, 2.05) is 30.3 Å². The first-order valence-corrected chi connectivity index (χ1v) is 7.54. The fourth-order valence-corrected chi connectivity index (χ4v) is 2.82. The van der Waals surface area contributed by atoms with Crippen LogP contribution >= 0.6 is 0 Å². The van der Waals surface area contributed by atoms with Crippen LogP contribution in [0.15, 0.2) is 48.5 Å². The predicted octanol–water partition coefficient (Wildman–Crippen LogP) is 1.79. The summed E-state index contributed by atoms with van der Waals surface area (Å²) in [6.45, 7) is 0.844. The van der Waals surface area contributed by atoms with Gasteiger partial charge in [-0.1, -0.05) is 24.3 Å². The Kier molecular flexibility index (Phi) is 4.23. The fraction of sp³-hybridized carbons (Fsp3) is 0.235. The highest BCUT2D eigenvalue weighted by molar-refractivity contribution is 5.97. The summed E-state index contributed by atoms with van der Waals surface area (Å²) in [7, 11) is 0. The van der Waals surface area contributed by atoms with Crippen LogP contribution in [0.2, 0.25) is 0 Å². The van der Waals surface area contributed by atoms with Crippen molar-refractivity contribution in [2.75, 3.05) is 16.8 Å². The first-order valence-electron chi connectivity index (χ1n) is 7.54. The van der Waals surface area contributed by atoms with Gasteiger partial charge in [0.05, 0.1) is 0 Å². The van der Waals surface area contributed by atoms with Crippen molar-refractivity contribution in [1.29, 1.82) is 0 Å². The van der Waals surface area contributed by atoms with E-state index in [4.69, 9.17) is 5.73 Å². The summed E-state index contributed by atoms with van der Waals surface area (Å²) in [5.41, 5.74) is 6.38. The highest BCUT2D eigenvalue weighted by Crippen LogP contribution is 2.26. The molecule has 0 spiro atoms. The molecule has 2 heterocycles. The third kappa shape index (κ3) is 3.31. The number of anilines is 2. The van der Waals surface area contributed by atoms with Crippen molar-refractivity contribution in [3.05, 3.63) is 54.2 Å². The lowest BCUT2D eigenvalue weighted by Gasteiger charge is -2.25. The Hall–Kier alpha value is -2.89. The molecule has 2 aromatic rings. The maximum atomic E-state index is 12.6. The third-order valence-corrected chi connectivity index (χ3v) is 3.90. The predicted molar refractivity (Wildman–Crippen MR) is 88.2 cm³/mol. The van der Waals surface area contributed by atoms with Gasteiger partial charge in [0.15, 0.2) is 0 Å². The number of aromatic nitrogens is 1. The van der Waals surface area contributed by atoms with Crippen LogP contribution in [0.5, 0.6) is 0 Å². The molecule has 3 N–H and O–H groups in total. The van der Waals surface area contributed by atoms with E-state index in [0.717, 1.165) is 25.1 Å². The second-order valence-corrected chi connectivity index (χ2v) is 5.45. The molecule has 1 aromatic heterocycles. The molecule has 1 atom stereocenters. The van der Waals surface area contributed by atoms with Crippen LogP contribution < -0.4 is 16.0 Å². The topological polar surface area (TPSA) is 88.3 Å². The number of carbonyl (C=O) groups is 2. The second kappa shape index (κ2) is 6.48. The molecule has 0 aliphatic carbocycles. The number of nitrogens with two attached hydrogens (primary N) is 1. The minimum Gasteiger partial charge on any atom is -0.364 e. The second-order valence-electron chi connectivity index (χ2n) is 5.45. The molecule has 2 amide bonds. The van der Waals surface area contributed by atoms with E-state index >= 15 is 0 Å². The highest BCUT2D eigenvalue weighted by atomic mass is 16.2. The molecule has 1 unspecified atom stereocenters. The highest BCUT2D eigenvalue weighted by Gasteiger charge is 2.31. The molecule has 0 saturated carbocycles. The number of hydrogen-bond donors (Lipinski definition) is 2. The molecular formula is C17H18N4O2. The molecule has 23 heavy (non-hydrogen) atoms. The van der Waals surface area contributed by atoms with Crippen molar-refractivity contribution in [2.24, 2.45) is 5.73 Å². The van der Waals surface area contributed by atoms with Gasteiger partial charge in [-0.2, -0.15) is 0 Å². The Morgan fingerprint density at radius 2 is 1.91 bits per heavy atom. The lowest BCUT2D eigenvalue weighted by Crippen LogP contribution is -2.39. The molecule has 0 radical (unpaired) electrons. The Bertz CT molecular complexity index is 718. The van der Waals surface area contributed by atoms with Crippen LogP contribution in [-0.4, -0.2) is 29.4 Å². The minimum atomic E-state index is -0.618. The van der Waals surface area contributed by atoms with Crippen LogP contribution in [-0.2, 0) is 4.79 Å². The quantitative estimate of drug-likeness (QED) is 0.901. The normalized spacial score (nSPS) is 17.0. The van der Waals surface area contributed by atoms with Crippen molar-refractivity contribution >= 4 is 23.3 Å². The van der Waals surface area contributed by atoms with E-state index in [1.54, 1.807) is 12.1 Å². The van der Waals surface area contributed by atoms with Gasteiger partial charge in [-0.15, -0.1) is 0 Å². The lowest BCUT2D eigenvalue weighted by atomic mass is 10.2. The van der Waals surface area contributed by atoms with E-state index in [-0.39, 0.29) is 17.6 Å². The van der Waals surface area contributed by atoms with E-state index in [9.17, 15) is 9.59 Å². The Morgan fingerprint density at radius 3 is 2.65 bits per heavy atom. The summed E-state index contributed by atoms with van der Waals surface area (Å²) in [6.07, 6.45) is 1.75. The van der Waals surface area contributed by atoms with Crippen LogP contribution in [0.1, 0.15) is 23.3 Å². The number of nitrogens with zero attached hydrogens (tertiary/aromatic N) is 2. The minimum absolute atomic E-state index is 0.125. The Labute approximate surface area is 134 Å². The van der Waals surface area contributed by atoms with Crippen molar-refractivity contribution in [3.8, 4) is 0 Å². The van der Waals surface area contributed by atoms with Crippen molar-refractivity contribution in [3.63, 3.8) is 0 Å². The number of nitrogens with one attached hydrogen (secondary N) is 1.